The maximum absolute atomic E-state index is 12.9. The molecule has 2 fully saturated rings. The molecule has 0 aliphatic heterocycles. The van der Waals surface area contributed by atoms with Crippen molar-refractivity contribution in [2.75, 3.05) is 6.61 Å². The van der Waals surface area contributed by atoms with Gasteiger partial charge in [0.15, 0.2) is 0 Å². The second-order valence-corrected chi connectivity index (χ2v) is 7.52. The monoisotopic (exact) mass is 295 g/mol. The quantitative estimate of drug-likeness (QED) is 0.874. The van der Waals surface area contributed by atoms with Crippen molar-refractivity contribution in [3.8, 4) is 0 Å². The summed E-state index contributed by atoms with van der Waals surface area (Å²) in [5, 5.41) is 14.0. The molecule has 0 radical (unpaired) electrons. The Morgan fingerprint density at radius 1 is 1.25 bits per heavy atom. The zero-order valence-corrected chi connectivity index (χ0v) is 12.5. The highest BCUT2D eigenvalue weighted by molar-refractivity contribution is 8.00. The summed E-state index contributed by atoms with van der Waals surface area (Å²) in [5.74, 6) is -0.182. The fourth-order valence-corrected chi connectivity index (χ4v) is 4.46. The predicted octanol–water partition coefficient (Wildman–Crippen LogP) is 3.34. The lowest BCUT2D eigenvalue weighted by molar-refractivity contribution is 0.122. The summed E-state index contributed by atoms with van der Waals surface area (Å²) >= 11 is 1.82. The van der Waals surface area contributed by atoms with Crippen molar-refractivity contribution < 1.29 is 9.50 Å². The molecule has 0 spiro atoms. The molecule has 2 unspecified atom stereocenters. The van der Waals surface area contributed by atoms with Crippen molar-refractivity contribution in [3.63, 3.8) is 0 Å². The van der Waals surface area contributed by atoms with Gasteiger partial charge in [-0.1, -0.05) is 6.42 Å². The highest BCUT2D eigenvalue weighted by Gasteiger charge is 2.39. The molecule has 2 aliphatic carbocycles. The molecule has 1 aromatic rings. The minimum absolute atomic E-state index is 0.0862. The first-order valence-corrected chi connectivity index (χ1v) is 8.38. The molecule has 0 aromatic heterocycles. The molecule has 2 nitrogen and oxygen atoms in total. The van der Waals surface area contributed by atoms with Crippen LogP contribution in [-0.4, -0.2) is 28.5 Å². The van der Waals surface area contributed by atoms with Gasteiger partial charge in [0.25, 0.3) is 0 Å². The fourth-order valence-electron chi connectivity index (χ4n) is 3.10. The second-order valence-electron chi connectivity index (χ2n) is 6.15. The van der Waals surface area contributed by atoms with Crippen LogP contribution < -0.4 is 5.32 Å². The number of rotatable bonds is 5. The predicted molar refractivity (Wildman–Crippen MR) is 80.5 cm³/mol. The normalized spacial score (nSPS) is 30.4. The number of hydrogen-bond acceptors (Lipinski definition) is 3. The summed E-state index contributed by atoms with van der Waals surface area (Å²) in [4.78, 5) is 1.12. The van der Waals surface area contributed by atoms with E-state index in [-0.39, 0.29) is 18.0 Å². The number of benzene rings is 1. The van der Waals surface area contributed by atoms with Crippen LogP contribution in [0.4, 0.5) is 4.39 Å². The third kappa shape index (κ3) is 3.54. The summed E-state index contributed by atoms with van der Waals surface area (Å²) in [6.07, 6.45) is 6.90. The van der Waals surface area contributed by atoms with Crippen LogP contribution in [0.5, 0.6) is 0 Å². The fraction of sp³-hybridized carbons (Fsp3) is 0.625. The van der Waals surface area contributed by atoms with E-state index >= 15 is 0 Å². The molecule has 0 saturated heterocycles. The first kappa shape index (κ1) is 14.4. The van der Waals surface area contributed by atoms with E-state index in [1.54, 1.807) is 0 Å². The molecule has 20 heavy (non-hydrogen) atoms. The van der Waals surface area contributed by atoms with E-state index in [0.717, 1.165) is 24.2 Å². The lowest BCUT2D eigenvalue weighted by atomic mass is 9.82. The van der Waals surface area contributed by atoms with Crippen molar-refractivity contribution >= 4 is 11.8 Å². The van der Waals surface area contributed by atoms with Crippen LogP contribution in [0.15, 0.2) is 29.2 Å². The average molecular weight is 295 g/mol. The molecule has 1 aromatic carbocycles. The number of aliphatic hydroxyl groups excluding tert-OH is 1. The van der Waals surface area contributed by atoms with E-state index in [4.69, 9.17) is 0 Å². The average Bonchev–Trinajstić information content (AvgIpc) is 3.26. The van der Waals surface area contributed by atoms with Gasteiger partial charge in [0.2, 0.25) is 0 Å². The van der Waals surface area contributed by atoms with Crippen LogP contribution >= 0.6 is 11.8 Å². The molecule has 110 valence electrons. The number of halogens is 1. The largest absolute Gasteiger partial charge is 0.394 e. The standard InChI is InChI=1S/C16H22FNOS/c17-12-3-7-14(8-4-12)20-15-2-1-9-16(10-15,11-19)18-13-5-6-13/h3-4,7-8,13,15,18-19H,1-2,5-6,9-11H2. The second kappa shape index (κ2) is 6.04. The lowest BCUT2D eigenvalue weighted by Gasteiger charge is -2.40. The highest BCUT2D eigenvalue weighted by atomic mass is 32.2. The third-order valence-corrected chi connectivity index (χ3v) is 5.59. The number of nitrogens with one attached hydrogen (secondary N) is 1. The van der Waals surface area contributed by atoms with Gasteiger partial charge >= 0.3 is 0 Å². The van der Waals surface area contributed by atoms with Crippen molar-refractivity contribution in [2.24, 2.45) is 0 Å². The van der Waals surface area contributed by atoms with Gasteiger partial charge in [0.1, 0.15) is 5.82 Å². The van der Waals surface area contributed by atoms with Crippen LogP contribution in [0.2, 0.25) is 0 Å². The summed E-state index contributed by atoms with van der Waals surface area (Å²) in [7, 11) is 0. The Balaban J connectivity index is 1.63. The molecule has 2 atom stereocenters. The Morgan fingerprint density at radius 3 is 2.65 bits per heavy atom. The van der Waals surface area contributed by atoms with Gasteiger partial charge in [-0.05, 0) is 56.4 Å². The van der Waals surface area contributed by atoms with Gasteiger partial charge in [0.05, 0.1) is 6.61 Å². The van der Waals surface area contributed by atoms with Gasteiger partial charge in [0, 0.05) is 21.7 Å². The topological polar surface area (TPSA) is 32.3 Å². The maximum atomic E-state index is 12.9. The summed E-state index contributed by atoms with van der Waals surface area (Å²) in [5.41, 5.74) is -0.0862. The molecular weight excluding hydrogens is 273 g/mol. The van der Waals surface area contributed by atoms with Crippen molar-refractivity contribution in [3.05, 3.63) is 30.1 Å². The lowest BCUT2D eigenvalue weighted by Crippen LogP contribution is -2.53. The molecule has 0 bridgehead atoms. The maximum Gasteiger partial charge on any atom is 0.123 e. The minimum atomic E-state index is -0.182. The van der Waals surface area contributed by atoms with Crippen molar-refractivity contribution in [1.82, 2.24) is 5.32 Å². The summed E-state index contributed by atoms with van der Waals surface area (Å²) in [6.45, 7) is 0.226. The minimum Gasteiger partial charge on any atom is -0.394 e. The molecule has 4 heteroatoms. The molecule has 3 rings (SSSR count). The van der Waals surface area contributed by atoms with Crippen LogP contribution in [0, 0.1) is 5.82 Å². The molecule has 2 saturated carbocycles. The van der Waals surface area contributed by atoms with E-state index in [2.05, 4.69) is 5.32 Å². The van der Waals surface area contributed by atoms with Crippen molar-refractivity contribution in [1.29, 1.82) is 0 Å². The summed E-state index contributed by atoms with van der Waals surface area (Å²) in [6, 6.07) is 7.36. The molecule has 0 heterocycles. The van der Waals surface area contributed by atoms with Gasteiger partial charge in [-0.3, -0.25) is 0 Å². The zero-order valence-electron chi connectivity index (χ0n) is 11.6. The van der Waals surface area contributed by atoms with Gasteiger partial charge < -0.3 is 10.4 Å². The molecule has 2 aliphatic rings. The Hall–Kier alpha value is -0.580. The van der Waals surface area contributed by atoms with Crippen LogP contribution in [0.1, 0.15) is 38.5 Å². The Bertz CT molecular complexity index is 448. The van der Waals surface area contributed by atoms with E-state index in [1.165, 1.54) is 31.4 Å². The van der Waals surface area contributed by atoms with Crippen molar-refractivity contribution in [2.45, 2.75) is 60.3 Å². The van der Waals surface area contributed by atoms with Crippen LogP contribution in [-0.2, 0) is 0 Å². The first-order chi connectivity index (χ1) is 9.69. The third-order valence-electron chi connectivity index (χ3n) is 4.31. The first-order valence-electron chi connectivity index (χ1n) is 7.50. The number of hydrogen-bond donors (Lipinski definition) is 2. The van der Waals surface area contributed by atoms with E-state index < -0.39 is 0 Å². The highest BCUT2D eigenvalue weighted by Crippen LogP contribution is 2.39. The summed E-state index contributed by atoms with van der Waals surface area (Å²) < 4.78 is 12.9. The van der Waals surface area contributed by atoms with Gasteiger partial charge in [-0.15, -0.1) is 11.8 Å². The van der Waals surface area contributed by atoms with Gasteiger partial charge in [-0.2, -0.15) is 0 Å². The molecule has 2 N–H and O–H groups in total. The molecular formula is C16H22FNOS. The Morgan fingerprint density at radius 2 is 2.00 bits per heavy atom. The number of aliphatic hydroxyl groups is 1. The zero-order chi connectivity index (χ0) is 14.0. The Kier molecular flexibility index (Phi) is 4.34. The number of thioether (sulfide) groups is 1. The van der Waals surface area contributed by atoms with Crippen LogP contribution in [0.3, 0.4) is 0 Å². The van der Waals surface area contributed by atoms with E-state index in [0.29, 0.717) is 11.3 Å². The molecule has 0 amide bonds. The van der Waals surface area contributed by atoms with Crippen LogP contribution in [0.25, 0.3) is 0 Å². The SMILES string of the molecule is OCC1(NC2CC2)CCCC(Sc2ccc(F)cc2)C1. The Labute approximate surface area is 124 Å². The van der Waals surface area contributed by atoms with E-state index in [9.17, 15) is 9.50 Å². The van der Waals surface area contributed by atoms with Gasteiger partial charge in [-0.25, -0.2) is 4.39 Å². The van der Waals surface area contributed by atoms with E-state index in [1.807, 2.05) is 23.9 Å². The smallest absolute Gasteiger partial charge is 0.123 e.